The summed E-state index contributed by atoms with van der Waals surface area (Å²) in [6.07, 6.45) is 1.87. The first-order chi connectivity index (χ1) is 9.59. The highest BCUT2D eigenvalue weighted by Gasteiger charge is 2.44. The van der Waals surface area contributed by atoms with E-state index in [2.05, 4.69) is 15.2 Å². The monoisotopic (exact) mass is 313 g/mol. The standard InChI is InChI=1S/C13H13Cl2N3O2/c1-8-6-19-13(20-8,5-12-16-7-17-18-12)10-3-2-9(14)4-11(10)15/h2-4,7-8H,5-6H2,1H3,(H,16,17,18). The van der Waals surface area contributed by atoms with E-state index < -0.39 is 5.79 Å². The van der Waals surface area contributed by atoms with E-state index in [1.807, 2.05) is 13.0 Å². The molecule has 0 aliphatic carbocycles. The number of halogens is 2. The van der Waals surface area contributed by atoms with Gasteiger partial charge in [-0.15, -0.1) is 0 Å². The van der Waals surface area contributed by atoms with E-state index in [1.54, 1.807) is 12.1 Å². The average molecular weight is 314 g/mol. The van der Waals surface area contributed by atoms with E-state index in [9.17, 15) is 0 Å². The Morgan fingerprint density at radius 3 is 2.90 bits per heavy atom. The predicted octanol–water partition coefficient (Wildman–Crippen LogP) is 2.94. The third-order valence-electron chi connectivity index (χ3n) is 3.14. The zero-order valence-electron chi connectivity index (χ0n) is 10.8. The van der Waals surface area contributed by atoms with E-state index in [0.717, 1.165) is 5.56 Å². The summed E-state index contributed by atoms with van der Waals surface area (Å²) in [6, 6.07) is 5.25. The van der Waals surface area contributed by atoms with Gasteiger partial charge in [0, 0.05) is 10.6 Å². The summed E-state index contributed by atoms with van der Waals surface area (Å²) in [5.74, 6) is -0.367. The summed E-state index contributed by atoms with van der Waals surface area (Å²) in [5.41, 5.74) is 0.734. The molecule has 2 atom stereocenters. The molecule has 1 aromatic heterocycles. The van der Waals surface area contributed by atoms with Crippen molar-refractivity contribution in [2.45, 2.75) is 25.2 Å². The zero-order valence-corrected chi connectivity index (χ0v) is 12.3. The fraction of sp³-hybridized carbons (Fsp3) is 0.385. The van der Waals surface area contributed by atoms with Crippen LogP contribution in [-0.4, -0.2) is 27.9 Å². The first-order valence-electron chi connectivity index (χ1n) is 6.21. The van der Waals surface area contributed by atoms with Crippen LogP contribution in [-0.2, 0) is 21.7 Å². The van der Waals surface area contributed by atoms with Gasteiger partial charge in [-0.2, -0.15) is 5.10 Å². The lowest BCUT2D eigenvalue weighted by atomic mass is 10.0. The van der Waals surface area contributed by atoms with Crippen molar-refractivity contribution in [1.82, 2.24) is 15.2 Å². The minimum atomic E-state index is -0.969. The van der Waals surface area contributed by atoms with E-state index in [1.165, 1.54) is 6.33 Å². The molecule has 1 aliphatic rings. The van der Waals surface area contributed by atoms with Crippen LogP contribution in [0.15, 0.2) is 24.5 Å². The van der Waals surface area contributed by atoms with Gasteiger partial charge < -0.3 is 9.47 Å². The van der Waals surface area contributed by atoms with Gasteiger partial charge in [-0.05, 0) is 19.1 Å². The van der Waals surface area contributed by atoms with Crippen molar-refractivity contribution in [3.05, 3.63) is 46.0 Å². The maximum atomic E-state index is 6.29. The van der Waals surface area contributed by atoms with Gasteiger partial charge in [-0.3, -0.25) is 5.10 Å². The number of aromatic nitrogens is 3. The summed E-state index contributed by atoms with van der Waals surface area (Å²) in [7, 11) is 0. The van der Waals surface area contributed by atoms with Gasteiger partial charge in [0.1, 0.15) is 6.33 Å². The van der Waals surface area contributed by atoms with E-state index in [0.29, 0.717) is 28.9 Å². The second-order valence-electron chi connectivity index (χ2n) is 4.71. The highest BCUT2D eigenvalue weighted by atomic mass is 35.5. The minimum absolute atomic E-state index is 0.0271. The molecule has 0 bridgehead atoms. The Hall–Kier alpha value is -1.14. The van der Waals surface area contributed by atoms with Crippen LogP contribution in [0.4, 0.5) is 0 Å². The normalized spacial score (nSPS) is 26.1. The van der Waals surface area contributed by atoms with Crippen LogP contribution < -0.4 is 0 Å². The van der Waals surface area contributed by atoms with Crippen LogP contribution in [0.1, 0.15) is 18.3 Å². The molecule has 2 aromatic rings. The summed E-state index contributed by atoms with van der Waals surface area (Å²) in [4.78, 5) is 4.13. The SMILES string of the molecule is CC1COC(Cc2nc[nH]n2)(c2ccc(Cl)cc2Cl)O1. The number of benzene rings is 1. The smallest absolute Gasteiger partial charge is 0.204 e. The van der Waals surface area contributed by atoms with Crippen LogP contribution in [0.25, 0.3) is 0 Å². The molecule has 1 N–H and O–H groups in total. The van der Waals surface area contributed by atoms with Crippen molar-refractivity contribution in [2.75, 3.05) is 6.61 Å². The topological polar surface area (TPSA) is 60.0 Å². The summed E-state index contributed by atoms with van der Waals surface area (Å²) < 4.78 is 11.9. The number of rotatable bonds is 3. The van der Waals surface area contributed by atoms with Crippen LogP contribution in [0.3, 0.4) is 0 Å². The molecule has 20 heavy (non-hydrogen) atoms. The third kappa shape index (κ3) is 2.54. The number of ether oxygens (including phenoxy) is 2. The van der Waals surface area contributed by atoms with Gasteiger partial charge in [0.15, 0.2) is 5.82 Å². The molecular formula is C13H13Cl2N3O2. The number of hydrogen-bond donors (Lipinski definition) is 1. The second-order valence-corrected chi connectivity index (χ2v) is 5.55. The van der Waals surface area contributed by atoms with Crippen LogP contribution in [0, 0.1) is 0 Å². The zero-order chi connectivity index (χ0) is 14.2. The van der Waals surface area contributed by atoms with Crippen molar-refractivity contribution in [2.24, 2.45) is 0 Å². The number of nitrogens with one attached hydrogen (secondary N) is 1. The van der Waals surface area contributed by atoms with Gasteiger partial charge in [0.2, 0.25) is 5.79 Å². The first-order valence-corrected chi connectivity index (χ1v) is 6.96. The average Bonchev–Trinajstić information content (AvgIpc) is 3.00. The quantitative estimate of drug-likeness (QED) is 0.946. The molecule has 2 unspecified atom stereocenters. The molecule has 2 heterocycles. The highest BCUT2D eigenvalue weighted by Crippen LogP contribution is 2.40. The van der Waals surface area contributed by atoms with E-state index in [4.69, 9.17) is 32.7 Å². The molecule has 7 heteroatoms. The summed E-state index contributed by atoms with van der Waals surface area (Å²) >= 11 is 12.2. The predicted molar refractivity (Wildman–Crippen MR) is 74.7 cm³/mol. The van der Waals surface area contributed by atoms with Crippen molar-refractivity contribution in [3.8, 4) is 0 Å². The lowest BCUT2D eigenvalue weighted by Gasteiger charge is -2.28. The Balaban J connectivity index is 2.01. The molecule has 1 aromatic carbocycles. The number of hydrogen-bond acceptors (Lipinski definition) is 4. The van der Waals surface area contributed by atoms with Gasteiger partial charge >= 0.3 is 0 Å². The molecule has 0 spiro atoms. The number of H-pyrrole nitrogens is 1. The van der Waals surface area contributed by atoms with Crippen LogP contribution in [0.2, 0.25) is 10.0 Å². The Morgan fingerprint density at radius 2 is 2.30 bits per heavy atom. The van der Waals surface area contributed by atoms with E-state index >= 15 is 0 Å². The van der Waals surface area contributed by atoms with Crippen molar-refractivity contribution in [1.29, 1.82) is 0 Å². The number of nitrogens with zero attached hydrogens (tertiary/aromatic N) is 2. The van der Waals surface area contributed by atoms with Gasteiger partial charge in [-0.1, -0.05) is 29.3 Å². The third-order valence-corrected chi connectivity index (χ3v) is 3.69. The largest absolute Gasteiger partial charge is 0.343 e. The minimum Gasteiger partial charge on any atom is -0.343 e. The van der Waals surface area contributed by atoms with E-state index in [-0.39, 0.29) is 6.10 Å². The molecule has 3 rings (SSSR count). The van der Waals surface area contributed by atoms with Gasteiger partial charge in [0.05, 0.1) is 24.2 Å². The van der Waals surface area contributed by atoms with Crippen molar-refractivity contribution < 1.29 is 9.47 Å². The molecule has 106 valence electrons. The Kier molecular flexibility index (Phi) is 3.69. The lowest BCUT2D eigenvalue weighted by Crippen LogP contribution is -2.31. The Bertz CT molecular complexity index is 606. The lowest BCUT2D eigenvalue weighted by molar-refractivity contribution is -0.175. The van der Waals surface area contributed by atoms with Gasteiger partial charge in [-0.25, -0.2) is 4.98 Å². The molecule has 0 amide bonds. The second kappa shape index (κ2) is 5.33. The fourth-order valence-electron chi connectivity index (χ4n) is 2.30. The Labute approximate surface area is 126 Å². The Morgan fingerprint density at radius 1 is 1.45 bits per heavy atom. The van der Waals surface area contributed by atoms with Crippen LogP contribution in [0.5, 0.6) is 0 Å². The summed E-state index contributed by atoms with van der Waals surface area (Å²) in [6.45, 7) is 2.44. The van der Waals surface area contributed by atoms with Gasteiger partial charge in [0.25, 0.3) is 0 Å². The van der Waals surface area contributed by atoms with Crippen molar-refractivity contribution in [3.63, 3.8) is 0 Å². The van der Waals surface area contributed by atoms with Crippen LogP contribution >= 0.6 is 23.2 Å². The molecule has 5 nitrogen and oxygen atoms in total. The molecule has 1 saturated heterocycles. The molecule has 1 fully saturated rings. The summed E-state index contributed by atoms with van der Waals surface area (Å²) in [5, 5.41) is 7.81. The molecule has 0 radical (unpaired) electrons. The highest BCUT2D eigenvalue weighted by molar-refractivity contribution is 6.35. The number of aromatic amines is 1. The molecule has 0 saturated carbocycles. The first kappa shape index (κ1) is 13.8. The molecular weight excluding hydrogens is 301 g/mol. The van der Waals surface area contributed by atoms with Crippen molar-refractivity contribution >= 4 is 23.2 Å². The maximum Gasteiger partial charge on any atom is 0.204 e. The molecule has 1 aliphatic heterocycles. The fourth-order valence-corrected chi connectivity index (χ4v) is 2.85. The maximum absolute atomic E-state index is 6.29.